The summed E-state index contributed by atoms with van der Waals surface area (Å²) in [5, 5.41) is 20.7. The van der Waals surface area contributed by atoms with Gasteiger partial charge in [0.1, 0.15) is 5.76 Å². The number of furan rings is 1. The third-order valence-corrected chi connectivity index (χ3v) is 8.02. The average Bonchev–Trinajstić information content (AvgIpc) is 3.09. The van der Waals surface area contributed by atoms with Crippen LogP contribution in [-0.4, -0.2) is 22.4 Å². The zero-order chi connectivity index (χ0) is 15.9. The number of aliphatic hydroxyl groups excluding tert-OH is 1. The number of aliphatic hydroxyl groups is 2. The summed E-state index contributed by atoms with van der Waals surface area (Å²) in [6.07, 6.45) is 12.9. The summed E-state index contributed by atoms with van der Waals surface area (Å²) in [6, 6.07) is 2.16. The van der Waals surface area contributed by atoms with Gasteiger partial charge in [-0.15, -0.1) is 0 Å². The molecule has 2 bridgehead atoms. The molecular formula is C20H26O3. The van der Waals surface area contributed by atoms with E-state index in [0.29, 0.717) is 17.8 Å². The van der Waals surface area contributed by atoms with Crippen LogP contribution in [0.5, 0.6) is 0 Å². The van der Waals surface area contributed by atoms with Crippen LogP contribution >= 0.6 is 0 Å². The maximum absolute atomic E-state index is 10.9. The van der Waals surface area contributed by atoms with Crippen molar-refractivity contribution in [2.45, 2.75) is 57.0 Å². The Morgan fingerprint density at radius 2 is 2.17 bits per heavy atom. The Kier molecular flexibility index (Phi) is 2.68. The lowest BCUT2D eigenvalue weighted by atomic mass is 9.46. The standard InChI is InChI=1S/C20H26O3/c1-18-7-5-16-14(6-9-23-16)15(18)4-8-19-10-13(2-3-17(18)19)20(22,11-19)12-21/h5-7,9,13,15,17,21-22H,2-4,8,10-12H2,1H3/t13-,15+,17+,18+,19+,20+/m1/s1. The van der Waals surface area contributed by atoms with Crippen molar-refractivity contribution >= 4 is 6.08 Å². The molecule has 0 amide bonds. The minimum absolute atomic E-state index is 0.0754. The van der Waals surface area contributed by atoms with E-state index < -0.39 is 5.60 Å². The van der Waals surface area contributed by atoms with Crippen LogP contribution in [0.1, 0.15) is 62.7 Å². The van der Waals surface area contributed by atoms with E-state index in [-0.39, 0.29) is 17.4 Å². The lowest BCUT2D eigenvalue weighted by molar-refractivity contribution is -0.0517. The van der Waals surface area contributed by atoms with Gasteiger partial charge in [-0.05, 0) is 79.3 Å². The molecule has 1 aromatic rings. The van der Waals surface area contributed by atoms with Crippen LogP contribution in [0.3, 0.4) is 0 Å². The number of hydrogen-bond acceptors (Lipinski definition) is 3. The largest absolute Gasteiger partial charge is 0.465 e. The van der Waals surface area contributed by atoms with E-state index in [4.69, 9.17) is 4.42 Å². The van der Waals surface area contributed by atoms with Gasteiger partial charge in [0.2, 0.25) is 0 Å². The summed E-state index contributed by atoms with van der Waals surface area (Å²) in [7, 11) is 0. The molecule has 3 fully saturated rings. The fraction of sp³-hybridized carbons (Fsp3) is 0.700. The first-order valence-electron chi connectivity index (χ1n) is 9.11. The highest BCUT2D eigenvalue weighted by Crippen LogP contribution is 2.71. The summed E-state index contributed by atoms with van der Waals surface area (Å²) < 4.78 is 5.64. The smallest absolute Gasteiger partial charge is 0.129 e. The minimum atomic E-state index is -0.836. The molecule has 0 saturated heterocycles. The highest BCUT2D eigenvalue weighted by molar-refractivity contribution is 5.55. The van der Waals surface area contributed by atoms with Crippen molar-refractivity contribution in [2.24, 2.45) is 22.7 Å². The first-order chi connectivity index (χ1) is 11.0. The van der Waals surface area contributed by atoms with Gasteiger partial charge in [0.15, 0.2) is 0 Å². The monoisotopic (exact) mass is 314 g/mol. The highest BCUT2D eigenvalue weighted by atomic mass is 16.3. The fourth-order valence-electron chi connectivity index (χ4n) is 7.06. The average molecular weight is 314 g/mol. The van der Waals surface area contributed by atoms with Crippen molar-refractivity contribution in [3.05, 3.63) is 29.7 Å². The minimum Gasteiger partial charge on any atom is -0.465 e. The molecule has 3 nitrogen and oxygen atoms in total. The first-order valence-corrected chi connectivity index (χ1v) is 9.11. The molecule has 0 aliphatic heterocycles. The van der Waals surface area contributed by atoms with Gasteiger partial charge >= 0.3 is 0 Å². The van der Waals surface area contributed by atoms with Crippen molar-refractivity contribution in [1.82, 2.24) is 0 Å². The van der Waals surface area contributed by atoms with Crippen molar-refractivity contribution in [2.75, 3.05) is 6.61 Å². The molecule has 3 heteroatoms. The lowest BCUT2D eigenvalue weighted by Crippen LogP contribution is -2.49. The van der Waals surface area contributed by atoms with Gasteiger partial charge in [-0.1, -0.05) is 13.0 Å². The molecule has 6 atom stereocenters. The third kappa shape index (κ3) is 1.63. The molecular weight excluding hydrogens is 288 g/mol. The maximum Gasteiger partial charge on any atom is 0.129 e. The molecule has 23 heavy (non-hydrogen) atoms. The summed E-state index contributed by atoms with van der Waals surface area (Å²) in [5.41, 5.74) is 0.914. The first kappa shape index (κ1) is 14.3. The fourth-order valence-corrected chi connectivity index (χ4v) is 7.06. The molecule has 124 valence electrons. The Morgan fingerprint density at radius 3 is 3.00 bits per heavy atom. The molecule has 0 unspecified atom stereocenters. The number of hydrogen-bond donors (Lipinski definition) is 2. The van der Waals surface area contributed by atoms with Crippen LogP contribution in [0, 0.1) is 22.7 Å². The summed E-state index contributed by atoms with van der Waals surface area (Å²) in [4.78, 5) is 0. The van der Waals surface area contributed by atoms with Gasteiger partial charge in [-0.25, -0.2) is 0 Å². The predicted molar refractivity (Wildman–Crippen MR) is 87.7 cm³/mol. The van der Waals surface area contributed by atoms with Gasteiger partial charge < -0.3 is 14.6 Å². The van der Waals surface area contributed by atoms with Gasteiger partial charge in [0.05, 0.1) is 18.5 Å². The normalized spacial score (nSPS) is 50.3. The molecule has 5 rings (SSSR count). The molecule has 1 heterocycles. The Hall–Kier alpha value is -1.06. The maximum atomic E-state index is 10.9. The van der Waals surface area contributed by atoms with E-state index in [0.717, 1.165) is 31.4 Å². The van der Waals surface area contributed by atoms with Crippen LogP contribution in [0.2, 0.25) is 0 Å². The summed E-state index contributed by atoms with van der Waals surface area (Å²) >= 11 is 0. The number of fused-ring (bicyclic) bond motifs is 5. The van der Waals surface area contributed by atoms with E-state index in [1.54, 1.807) is 0 Å². The van der Waals surface area contributed by atoms with Crippen LogP contribution in [0.25, 0.3) is 6.08 Å². The Balaban J connectivity index is 1.58. The molecule has 0 radical (unpaired) electrons. The molecule has 3 saturated carbocycles. The van der Waals surface area contributed by atoms with Gasteiger partial charge in [-0.2, -0.15) is 0 Å². The SMILES string of the molecule is C[C@]12C=Cc3occc3[C@@H]1CC[C@@]13C[C@@H](CC[C@H]12)[C@@](O)(CO)C3. The quantitative estimate of drug-likeness (QED) is 0.830. The molecule has 1 aromatic heterocycles. The Morgan fingerprint density at radius 1 is 1.30 bits per heavy atom. The zero-order valence-electron chi connectivity index (χ0n) is 13.8. The van der Waals surface area contributed by atoms with E-state index in [1.807, 2.05) is 6.26 Å². The number of allylic oxidation sites excluding steroid dienone is 1. The van der Waals surface area contributed by atoms with Crippen molar-refractivity contribution in [3.8, 4) is 0 Å². The van der Waals surface area contributed by atoms with E-state index in [1.165, 1.54) is 18.4 Å². The molecule has 4 aliphatic rings. The Bertz CT molecular complexity index is 676. The topological polar surface area (TPSA) is 53.6 Å². The van der Waals surface area contributed by atoms with Crippen molar-refractivity contribution in [3.63, 3.8) is 0 Å². The summed E-state index contributed by atoms with van der Waals surface area (Å²) in [5.74, 6) is 2.47. The molecule has 1 spiro atoms. The van der Waals surface area contributed by atoms with Crippen molar-refractivity contribution in [1.29, 1.82) is 0 Å². The van der Waals surface area contributed by atoms with Crippen LogP contribution in [0.4, 0.5) is 0 Å². The second-order valence-electron chi connectivity index (χ2n) is 8.86. The lowest BCUT2D eigenvalue weighted by Gasteiger charge is -2.58. The van der Waals surface area contributed by atoms with Crippen LogP contribution in [0.15, 0.2) is 22.8 Å². The van der Waals surface area contributed by atoms with E-state index in [2.05, 4.69) is 25.1 Å². The molecule has 2 N–H and O–H groups in total. The predicted octanol–water partition coefficient (Wildman–Crippen LogP) is 3.72. The summed E-state index contributed by atoms with van der Waals surface area (Å²) in [6.45, 7) is 2.35. The van der Waals surface area contributed by atoms with Gasteiger partial charge in [0, 0.05) is 5.56 Å². The van der Waals surface area contributed by atoms with Crippen LogP contribution < -0.4 is 0 Å². The number of rotatable bonds is 1. The molecule has 0 aromatic carbocycles. The van der Waals surface area contributed by atoms with Crippen molar-refractivity contribution < 1.29 is 14.6 Å². The van der Waals surface area contributed by atoms with Gasteiger partial charge in [-0.3, -0.25) is 0 Å². The van der Waals surface area contributed by atoms with Crippen LogP contribution in [-0.2, 0) is 0 Å². The van der Waals surface area contributed by atoms with E-state index in [9.17, 15) is 10.2 Å². The molecule has 4 aliphatic carbocycles. The second kappa shape index (κ2) is 4.31. The Labute approximate surface area is 137 Å². The zero-order valence-corrected chi connectivity index (χ0v) is 13.8. The van der Waals surface area contributed by atoms with E-state index >= 15 is 0 Å². The third-order valence-electron chi connectivity index (χ3n) is 8.02. The highest BCUT2D eigenvalue weighted by Gasteiger charge is 2.65. The van der Waals surface area contributed by atoms with Gasteiger partial charge in [0.25, 0.3) is 0 Å². The second-order valence-corrected chi connectivity index (χ2v) is 8.86.